The molecule has 0 spiro atoms. The van der Waals surface area contributed by atoms with Crippen molar-refractivity contribution in [2.24, 2.45) is 56.7 Å². The maximum atomic E-state index is 13.2. The number of unbranched alkanes of at least 4 members (excludes halogenated alkanes) is 12. The van der Waals surface area contributed by atoms with Crippen molar-refractivity contribution in [3.8, 4) is 0 Å². The summed E-state index contributed by atoms with van der Waals surface area (Å²) >= 11 is 0. The molecule has 288 valence electrons. The second-order valence-electron chi connectivity index (χ2n) is 20.3. The quantitative estimate of drug-likeness (QED) is 0.102. The predicted octanol–water partition coefficient (Wildman–Crippen LogP) is 12.0. The summed E-state index contributed by atoms with van der Waals surface area (Å²) < 4.78 is 6.36. The van der Waals surface area contributed by atoms with Crippen molar-refractivity contribution in [2.75, 3.05) is 0 Å². The van der Waals surface area contributed by atoms with Gasteiger partial charge in [-0.3, -0.25) is 4.79 Å². The number of fused-ring (bicyclic) bond motifs is 7. The molecule has 0 bridgehead atoms. The Morgan fingerprint density at radius 3 is 1.92 bits per heavy atom. The zero-order valence-electron chi connectivity index (χ0n) is 34.3. The van der Waals surface area contributed by atoms with E-state index in [1.165, 1.54) is 82.6 Å². The van der Waals surface area contributed by atoms with Gasteiger partial charge in [-0.15, -0.1) is 0 Å². The lowest BCUT2D eigenvalue weighted by Gasteiger charge is -2.72. The number of aliphatic hydroxyl groups excluding tert-OH is 2. The number of aliphatic hydroxyl groups is 2. The largest absolute Gasteiger partial charge is 0.462 e. The van der Waals surface area contributed by atoms with Crippen molar-refractivity contribution in [1.82, 2.24) is 0 Å². The molecule has 0 heterocycles. The van der Waals surface area contributed by atoms with Crippen molar-refractivity contribution >= 4 is 5.97 Å². The molecule has 5 aliphatic rings. The molecule has 0 radical (unpaired) electrons. The van der Waals surface area contributed by atoms with Crippen LogP contribution in [0.5, 0.6) is 0 Å². The van der Waals surface area contributed by atoms with E-state index in [9.17, 15) is 15.0 Å². The van der Waals surface area contributed by atoms with E-state index in [2.05, 4.69) is 68.4 Å². The summed E-state index contributed by atoms with van der Waals surface area (Å²) in [5.74, 6) is 1.93. The highest BCUT2D eigenvalue weighted by molar-refractivity contribution is 5.69. The Balaban J connectivity index is 1.17. The minimum atomic E-state index is -0.481. The average Bonchev–Trinajstić information content (AvgIpc) is 3.04. The number of carbonyl (C=O) groups is 1. The van der Waals surface area contributed by atoms with Crippen LogP contribution in [0.15, 0.2) is 11.6 Å². The molecule has 0 aromatic carbocycles. The molecular weight excluding hydrogens is 617 g/mol. The molecule has 0 saturated heterocycles. The highest BCUT2D eigenvalue weighted by atomic mass is 16.5. The first-order chi connectivity index (χ1) is 23.6. The summed E-state index contributed by atoms with van der Waals surface area (Å²) in [4.78, 5) is 13.2. The third-order valence-corrected chi connectivity index (χ3v) is 17.1. The molecule has 4 saturated carbocycles. The van der Waals surface area contributed by atoms with Crippen LogP contribution in [0.2, 0.25) is 0 Å². The van der Waals surface area contributed by atoms with Gasteiger partial charge in [0, 0.05) is 23.2 Å². The van der Waals surface area contributed by atoms with Gasteiger partial charge in [0.15, 0.2) is 0 Å². The number of esters is 1. The fourth-order valence-corrected chi connectivity index (χ4v) is 13.7. The standard InChI is InChI=1S/C46H80O4/c1-10-11-12-13-14-15-16-17-18-19-20-21-22-23-39(49)50-38-26-28-43(6)36(42(38,4)5)25-29-45(8)41(43)35(47)30-34-40-33(3)32(2)24-27-44(40,7)37(48)31-46(34,45)9/h30,32-33,35-38,40-41,47-48H,10-29,31H2,1-9H3/t32-,33+,35+,36?,37+,38+,40+,41-,43+,44-,45-,46-/m1/s1. The molecule has 4 fully saturated rings. The normalized spacial score (nSPS) is 43.5. The van der Waals surface area contributed by atoms with Gasteiger partial charge in [0.2, 0.25) is 0 Å². The van der Waals surface area contributed by atoms with E-state index in [4.69, 9.17) is 4.74 Å². The van der Waals surface area contributed by atoms with Gasteiger partial charge < -0.3 is 14.9 Å². The van der Waals surface area contributed by atoms with Gasteiger partial charge >= 0.3 is 5.97 Å². The second-order valence-corrected chi connectivity index (χ2v) is 20.3. The Morgan fingerprint density at radius 2 is 1.32 bits per heavy atom. The average molecular weight is 697 g/mol. The van der Waals surface area contributed by atoms with Crippen LogP contribution in [-0.4, -0.2) is 34.5 Å². The maximum absolute atomic E-state index is 13.2. The first kappa shape index (κ1) is 40.3. The predicted molar refractivity (Wildman–Crippen MR) is 208 cm³/mol. The Morgan fingerprint density at radius 1 is 0.760 bits per heavy atom. The molecule has 0 aliphatic heterocycles. The Kier molecular flexibility index (Phi) is 12.8. The van der Waals surface area contributed by atoms with Gasteiger partial charge in [-0.2, -0.15) is 0 Å². The fraction of sp³-hybridized carbons (Fsp3) is 0.935. The van der Waals surface area contributed by atoms with E-state index in [0.29, 0.717) is 30.1 Å². The van der Waals surface area contributed by atoms with E-state index in [-0.39, 0.29) is 51.2 Å². The molecule has 5 rings (SSSR count). The molecule has 1 unspecified atom stereocenters. The summed E-state index contributed by atoms with van der Waals surface area (Å²) in [6.07, 6.45) is 26.0. The fourth-order valence-electron chi connectivity index (χ4n) is 13.7. The number of allylic oxidation sites excluding steroid dienone is 1. The van der Waals surface area contributed by atoms with Crippen molar-refractivity contribution in [1.29, 1.82) is 0 Å². The third-order valence-electron chi connectivity index (χ3n) is 17.1. The Labute approximate surface area is 308 Å². The molecule has 12 atom stereocenters. The van der Waals surface area contributed by atoms with Crippen LogP contribution >= 0.6 is 0 Å². The molecule has 50 heavy (non-hydrogen) atoms. The summed E-state index contributed by atoms with van der Waals surface area (Å²) in [7, 11) is 0. The monoisotopic (exact) mass is 697 g/mol. The van der Waals surface area contributed by atoms with Gasteiger partial charge in [-0.1, -0.05) is 151 Å². The number of hydrogen-bond acceptors (Lipinski definition) is 4. The maximum Gasteiger partial charge on any atom is 0.306 e. The molecule has 0 aromatic heterocycles. The van der Waals surface area contributed by atoms with Gasteiger partial charge in [0.05, 0.1) is 12.2 Å². The van der Waals surface area contributed by atoms with Gasteiger partial charge in [0.25, 0.3) is 0 Å². The van der Waals surface area contributed by atoms with Crippen LogP contribution < -0.4 is 0 Å². The van der Waals surface area contributed by atoms with Crippen LogP contribution in [0.3, 0.4) is 0 Å². The second kappa shape index (κ2) is 15.8. The Bertz CT molecular complexity index is 1170. The van der Waals surface area contributed by atoms with E-state index >= 15 is 0 Å². The van der Waals surface area contributed by atoms with E-state index in [0.717, 1.165) is 51.4 Å². The first-order valence-corrected chi connectivity index (χ1v) is 21.9. The van der Waals surface area contributed by atoms with Crippen molar-refractivity contribution in [2.45, 2.75) is 215 Å². The van der Waals surface area contributed by atoms with Crippen LogP contribution in [0.4, 0.5) is 0 Å². The third kappa shape index (κ3) is 7.19. The lowest BCUT2D eigenvalue weighted by molar-refractivity contribution is -0.238. The molecule has 2 N–H and O–H groups in total. The number of hydrogen-bond donors (Lipinski definition) is 2. The minimum absolute atomic E-state index is 0.0109. The smallest absolute Gasteiger partial charge is 0.306 e. The molecule has 0 aromatic rings. The van der Waals surface area contributed by atoms with Crippen LogP contribution in [0.1, 0.15) is 197 Å². The van der Waals surface area contributed by atoms with Crippen LogP contribution in [-0.2, 0) is 9.53 Å². The van der Waals surface area contributed by atoms with Gasteiger partial charge in [0.1, 0.15) is 6.10 Å². The molecule has 5 aliphatic carbocycles. The highest BCUT2D eigenvalue weighted by Crippen LogP contribution is 2.75. The molecular formula is C46H80O4. The van der Waals surface area contributed by atoms with Crippen molar-refractivity contribution in [3.05, 3.63) is 11.6 Å². The lowest BCUT2D eigenvalue weighted by Crippen LogP contribution is -2.69. The molecule has 4 nitrogen and oxygen atoms in total. The summed E-state index contributed by atoms with van der Waals surface area (Å²) in [5.41, 5.74) is 0.906. The number of rotatable bonds is 15. The van der Waals surface area contributed by atoms with Crippen molar-refractivity contribution < 1.29 is 19.7 Å². The lowest BCUT2D eigenvalue weighted by atomic mass is 9.32. The minimum Gasteiger partial charge on any atom is -0.462 e. The topological polar surface area (TPSA) is 66.8 Å². The van der Waals surface area contributed by atoms with E-state index in [1.807, 2.05) is 0 Å². The first-order valence-electron chi connectivity index (χ1n) is 21.9. The summed E-state index contributed by atoms with van der Waals surface area (Å²) in [6.45, 7) is 21.5. The van der Waals surface area contributed by atoms with E-state index in [1.54, 1.807) is 0 Å². The SMILES string of the molecule is CCCCCCCCCCCCCCCC(=O)O[C@H]1CC[C@@]2(C)C(CC[C@]3(C)[C@@H]2[C@@H](O)C=C2[C@@H]4[C@@H](C)[C@H](C)CC[C@]4(C)[C@@H](O)C[C@]23C)C1(C)C. The zero-order valence-corrected chi connectivity index (χ0v) is 34.3. The number of carbonyl (C=O) groups excluding carboxylic acids is 1. The van der Waals surface area contributed by atoms with Gasteiger partial charge in [-0.25, -0.2) is 0 Å². The summed E-state index contributed by atoms with van der Waals surface area (Å²) in [5, 5.41) is 24.3. The Hall–Kier alpha value is -0.870. The van der Waals surface area contributed by atoms with Gasteiger partial charge in [-0.05, 0) is 91.3 Å². The van der Waals surface area contributed by atoms with Crippen molar-refractivity contribution in [3.63, 3.8) is 0 Å². The van der Waals surface area contributed by atoms with Crippen LogP contribution in [0, 0.1) is 56.7 Å². The number of ether oxygens (including phenoxy) is 1. The van der Waals surface area contributed by atoms with E-state index < -0.39 is 6.10 Å². The zero-order chi connectivity index (χ0) is 36.5. The highest BCUT2D eigenvalue weighted by Gasteiger charge is 2.71. The molecule has 4 heteroatoms. The van der Waals surface area contributed by atoms with Crippen LogP contribution in [0.25, 0.3) is 0 Å². The summed E-state index contributed by atoms with van der Waals surface area (Å²) in [6, 6.07) is 0. The molecule has 0 amide bonds.